The van der Waals surface area contributed by atoms with Crippen LogP contribution in [-0.2, 0) is 19.1 Å². The molecule has 1 aliphatic rings. The van der Waals surface area contributed by atoms with Gasteiger partial charge in [0.05, 0.1) is 18.6 Å². The molecule has 2 aromatic rings. The van der Waals surface area contributed by atoms with E-state index in [9.17, 15) is 9.59 Å². The molecule has 2 atom stereocenters. The predicted molar refractivity (Wildman–Crippen MR) is 118 cm³/mol. The second-order valence-electron chi connectivity index (χ2n) is 7.31. The zero-order valence-corrected chi connectivity index (χ0v) is 17.5. The van der Waals surface area contributed by atoms with Crippen molar-refractivity contribution in [3.63, 3.8) is 0 Å². The summed E-state index contributed by atoms with van der Waals surface area (Å²) in [5, 5.41) is 0. The van der Waals surface area contributed by atoms with Gasteiger partial charge in [0.2, 0.25) is 0 Å². The first kappa shape index (κ1) is 21.6. The predicted octanol–water partition coefficient (Wildman–Crippen LogP) is 5.32. The molecule has 3 rings (SSSR count). The third-order valence-corrected chi connectivity index (χ3v) is 5.46. The first-order chi connectivity index (χ1) is 14.6. The lowest BCUT2D eigenvalue weighted by Crippen LogP contribution is -2.39. The number of hydrogen-bond donors (Lipinski definition) is 0. The second kappa shape index (κ2) is 10.1. The normalized spacial score (nSPS) is 21.1. The summed E-state index contributed by atoms with van der Waals surface area (Å²) in [4.78, 5) is 25.7. The summed E-state index contributed by atoms with van der Waals surface area (Å²) in [6.07, 6.45) is 6.75. The molecule has 0 radical (unpaired) electrons. The molecule has 0 saturated heterocycles. The van der Waals surface area contributed by atoms with E-state index in [1.165, 1.54) is 0 Å². The molecule has 4 nitrogen and oxygen atoms in total. The van der Waals surface area contributed by atoms with Crippen LogP contribution < -0.4 is 0 Å². The molecule has 0 N–H and O–H groups in total. The maximum absolute atomic E-state index is 13.3. The van der Waals surface area contributed by atoms with E-state index in [0.717, 1.165) is 11.1 Å². The molecule has 0 aliphatic heterocycles. The van der Waals surface area contributed by atoms with Gasteiger partial charge in [0.1, 0.15) is 0 Å². The van der Waals surface area contributed by atoms with Crippen LogP contribution in [0, 0.1) is 5.41 Å². The molecule has 0 fully saturated rings. The fourth-order valence-corrected chi connectivity index (χ4v) is 3.94. The Morgan fingerprint density at radius 1 is 0.967 bits per heavy atom. The molecule has 4 heteroatoms. The Morgan fingerprint density at radius 2 is 1.60 bits per heavy atom. The first-order valence-electron chi connectivity index (χ1n) is 10.4. The SMILES string of the molecule is CCOC(=O)C1=C[C@H](c2ccccc2)[C@](/C=C/c2ccccc2)(C(=O)OCC)CC1. The Balaban J connectivity index is 2.11. The maximum Gasteiger partial charge on any atom is 0.333 e. The van der Waals surface area contributed by atoms with Crippen molar-refractivity contribution >= 4 is 18.0 Å². The minimum Gasteiger partial charge on any atom is -0.465 e. The smallest absolute Gasteiger partial charge is 0.333 e. The van der Waals surface area contributed by atoms with Gasteiger partial charge < -0.3 is 9.47 Å². The van der Waals surface area contributed by atoms with Gasteiger partial charge in [-0.15, -0.1) is 0 Å². The van der Waals surface area contributed by atoms with Gasteiger partial charge in [0.25, 0.3) is 0 Å². The number of ether oxygens (including phenoxy) is 2. The molecule has 0 unspecified atom stereocenters. The van der Waals surface area contributed by atoms with Crippen molar-refractivity contribution in [3.05, 3.63) is 89.5 Å². The topological polar surface area (TPSA) is 52.6 Å². The highest BCUT2D eigenvalue weighted by atomic mass is 16.5. The summed E-state index contributed by atoms with van der Waals surface area (Å²) >= 11 is 0. The lowest BCUT2D eigenvalue weighted by Gasteiger charge is -2.38. The number of esters is 2. The van der Waals surface area contributed by atoms with Gasteiger partial charge in [-0.2, -0.15) is 0 Å². The van der Waals surface area contributed by atoms with E-state index in [2.05, 4.69) is 0 Å². The van der Waals surface area contributed by atoms with Crippen molar-refractivity contribution < 1.29 is 19.1 Å². The lowest BCUT2D eigenvalue weighted by molar-refractivity contribution is -0.154. The highest BCUT2D eigenvalue weighted by molar-refractivity contribution is 5.91. The first-order valence-corrected chi connectivity index (χ1v) is 10.4. The second-order valence-corrected chi connectivity index (χ2v) is 7.31. The standard InChI is InChI=1S/C26H28O4/c1-3-29-24(27)22-16-18-26(25(28)30-4-2,17-15-20-11-7-5-8-12-20)23(19-22)21-13-9-6-10-14-21/h5-15,17,19,23H,3-4,16,18H2,1-2H3/b17-15+/t23-,26-/m1/s1. The quantitative estimate of drug-likeness (QED) is 0.587. The van der Waals surface area contributed by atoms with Crippen LogP contribution in [0.5, 0.6) is 0 Å². The van der Waals surface area contributed by atoms with Gasteiger partial charge in [-0.05, 0) is 37.8 Å². The minimum absolute atomic E-state index is 0.273. The van der Waals surface area contributed by atoms with Gasteiger partial charge in [-0.25, -0.2) is 4.79 Å². The average molecular weight is 405 g/mol. The van der Waals surface area contributed by atoms with Crippen LogP contribution in [0.2, 0.25) is 0 Å². The van der Waals surface area contributed by atoms with Gasteiger partial charge in [0.15, 0.2) is 0 Å². The van der Waals surface area contributed by atoms with Crippen molar-refractivity contribution in [3.8, 4) is 0 Å². The van der Waals surface area contributed by atoms with Crippen molar-refractivity contribution in [2.45, 2.75) is 32.6 Å². The summed E-state index contributed by atoms with van der Waals surface area (Å²) in [5.41, 5.74) is 1.68. The van der Waals surface area contributed by atoms with Crippen molar-refractivity contribution in [2.75, 3.05) is 13.2 Å². The molecule has 156 valence electrons. The van der Waals surface area contributed by atoms with Crippen LogP contribution in [0.25, 0.3) is 6.08 Å². The molecule has 30 heavy (non-hydrogen) atoms. The van der Waals surface area contributed by atoms with E-state index in [0.29, 0.717) is 31.6 Å². The fourth-order valence-electron chi connectivity index (χ4n) is 3.94. The van der Waals surface area contributed by atoms with Crippen LogP contribution in [0.15, 0.2) is 78.4 Å². The van der Waals surface area contributed by atoms with Crippen molar-refractivity contribution in [1.29, 1.82) is 0 Å². The number of rotatable bonds is 7. The summed E-state index contributed by atoms with van der Waals surface area (Å²) in [7, 11) is 0. The molecule has 0 aromatic heterocycles. The number of allylic oxidation sites excluding steroid dienone is 1. The molecule has 0 saturated carbocycles. The van der Waals surface area contributed by atoms with Gasteiger partial charge in [0, 0.05) is 11.5 Å². The Kier molecular flexibility index (Phi) is 7.23. The molecule has 2 aromatic carbocycles. The summed E-state index contributed by atoms with van der Waals surface area (Å²) in [5.74, 6) is -0.918. The Labute approximate surface area is 178 Å². The highest BCUT2D eigenvalue weighted by Crippen LogP contribution is 2.48. The third kappa shape index (κ3) is 4.70. The summed E-state index contributed by atoms with van der Waals surface area (Å²) in [6.45, 7) is 4.23. The van der Waals surface area contributed by atoms with Crippen LogP contribution >= 0.6 is 0 Å². The van der Waals surface area contributed by atoms with Crippen molar-refractivity contribution in [1.82, 2.24) is 0 Å². The number of hydrogen-bond acceptors (Lipinski definition) is 4. The van der Waals surface area contributed by atoms with Crippen LogP contribution in [0.3, 0.4) is 0 Å². The molecule has 0 bridgehead atoms. The molecular formula is C26H28O4. The van der Waals surface area contributed by atoms with E-state index < -0.39 is 5.41 Å². The molecule has 0 heterocycles. The molecule has 0 amide bonds. The third-order valence-electron chi connectivity index (χ3n) is 5.46. The Bertz CT molecular complexity index is 915. The van der Waals surface area contributed by atoms with Crippen LogP contribution in [0.4, 0.5) is 0 Å². The maximum atomic E-state index is 13.3. The minimum atomic E-state index is -0.900. The Morgan fingerprint density at radius 3 is 2.23 bits per heavy atom. The molecule has 1 aliphatic carbocycles. The van der Waals surface area contributed by atoms with E-state index in [4.69, 9.17) is 9.47 Å². The number of carbonyl (C=O) groups excluding carboxylic acids is 2. The average Bonchev–Trinajstić information content (AvgIpc) is 2.79. The van der Waals surface area contributed by atoms with Gasteiger partial charge in [-0.1, -0.05) is 78.9 Å². The van der Waals surface area contributed by atoms with Gasteiger partial charge in [-0.3, -0.25) is 4.79 Å². The van der Waals surface area contributed by atoms with E-state index in [1.54, 1.807) is 6.92 Å². The van der Waals surface area contributed by atoms with Crippen LogP contribution in [-0.4, -0.2) is 25.2 Å². The molecular weight excluding hydrogens is 376 g/mol. The van der Waals surface area contributed by atoms with E-state index >= 15 is 0 Å². The monoisotopic (exact) mass is 404 g/mol. The zero-order chi connectivity index (χ0) is 21.4. The summed E-state index contributed by atoms with van der Waals surface area (Å²) in [6, 6.07) is 19.7. The van der Waals surface area contributed by atoms with Gasteiger partial charge >= 0.3 is 11.9 Å². The van der Waals surface area contributed by atoms with E-state index in [-0.39, 0.29) is 17.9 Å². The molecule has 0 spiro atoms. The summed E-state index contributed by atoms with van der Waals surface area (Å²) < 4.78 is 10.8. The number of benzene rings is 2. The lowest BCUT2D eigenvalue weighted by atomic mass is 9.64. The highest BCUT2D eigenvalue weighted by Gasteiger charge is 2.47. The Hall–Kier alpha value is -3.14. The number of carbonyl (C=O) groups is 2. The largest absolute Gasteiger partial charge is 0.465 e. The van der Waals surface area contributed by atoms with Crippen LogP contribution in [0.1, 0.15) is 43.7 Å². The van der Waals surface area contributed by atoms with Crippen molar-refractivity contribution in [2.24, 2.45) is 5.41 Å². The zero-order valence-electron chi connectivity index (χ0n) is 17.5. The van der Waals surface area contributed by atoms with E-state index in [1.807, 2.05) is 85.8 Å². The fraction of sp³-hybridized carbons (Fsp3) is 0.308.